The zero-order valence-corrected chi connectivity index (χ0v) is 6.55. The summed E-state index contributed by atoms with van der Waals surface area (Å²) in [4.78, 5) is 32.0. The van der Waals surface area contributed by atoms with Crippen LogP contribution in [0.2, 0.25) is 0 Å². The predicted molar refractivity (Wildman–Crippen MR) is 42.4 cm³/mol. The van der Waals surface area contributed by atoms with E-state index in [0.29, 0.717) is 0 Å². The fourth-order valence-electron chi connectivity index (χ4n) is 0. The largest absolute Gasteiger partial charge is 4.00 e. The van der Waals surface area contributed by atoms with Crippen LogP contribution >= 0.6 is 0 Å². The van der Waals surface area contributed by atoms with Gasteiger partial charge in [0.05, 0.1) is 0 Å². The van der Waals surface area contributed by atoms with Gasteiger partial charge in [-0.15, -0.1) is 21.4 Å². The van der Waals surface area contributed by atoms with Crippen LogP contribution in [0.1, 0.15) is 0 Å². The Morgan fingerprint density at radius 3 is 0.538 bits per heavy atom. The van der Waals surface area contributed by atoms with Crippen LogP contribution in [-0.2, 0) is 0 Å². The van der Waals surface area contributed by atoms with Crippen LogP contribution in [0.3, 0.4) is 0 Å². The van der Waals surface area contributed by atoms with Crippen molar-refractivity contribution in [2.45, 2.75) is 0 Å². The molecule has 0 aromatic rings. The Kier molecular flexibility index (Phi) is 548. The van der Waals surface area contributed by atoms with Crippen molar-refractivity contribution in [2.75, 3.05) is 0 Å². The first-order chi connectivity index (χ1) is 5.66. The molecule has 0 radical (unpaired) electrons. The molecule has 0 fully saturated rings. The van der Waals surface area contributed by atoms with Gasteiger partial charge in [0.1, 0.15) is 0 Å². The van der Waals surface area contributed by atoms with Gasteiger partial charge in [-0.1, -0.05) is 0 Å². The third kappa shape index (κ3) is 126. The van der Waals surface area contributed by atoms with Gasteiger partial charge in [-0.3, -0.25) is 0 Å². The van der Waals surface area contributed by atoms with Crippen LogP contribution in [0.4, 0.5) is 0 Å². The summed E-state index contributed by atoms with van der Waals surface area (Å²) < 4.78 is 0. The third-order valence-electron chi connectivity index (χ3n) is 0. The average molecular weight is 212 g/mol. The van der Waals surface area contributed by atoms with Crippen LogP contribution < -0.4 is 0 Å². The average Bonchev–Trinajstić information content (AvgIpc) is 1.92. The van der Waals surface area contributed by atoms with Gasteiger partial charge >= 0.3 is 11.0 Å². The minimum atomic E-state index is 0. The number of hydrogen-bond acceptors (Lipinski definition) is 12. The van der Waals surface area contributed by atoms with Gasteiger partial charge in [0.15, 0.2) is 0 Å². The molecule has 0 N–H and O–H groups in total. The Morgan fingerprint density at radius 2 is 0.538 bits per heavy atom. The molecule has 72 valence electrons. The second kappa shape index (κ2) is 231. The molecule has 0 aliphatic rings. The van der Waals surface area contributed by atoms with E-state index in [1.807, 2.05) is 0 Å². The zero-order chi connectivity index (χ0) is 10.8. The molecule has 0 saturated heterocycles. The van der Waals surface area contributed by atoms with E-state index in [1.54, 1.807) is 0 Å². The monoisotopic (exact) mass is 212 g/mol. The van der Waals surface area contributed by atoms with E-state index in [4.69, 9.17) is 40.5 Å². The van der Waals surface area contributed by atoms with Crippen molar-refractivity contribution in [1.82, 2.24) is 0 Å². The van der Waals surface area contributed by atoms with Crippen molar-refractivity contribution in [2.24, 2.45) is 21.4 Å². The first kappa shape index (κ1) is 30.8. The summed E-state index contributed by atoms with van der Waals surface area (Å²) in [6.45, 7) is 0. The normalized spacial score (nSPS) is 3.69. The molecule has 0 aliphatic heterocycles. The van der Waals surface area contributed by atoms with Crippen molar-refractivity contribution in [3.63, 3.8) is 0 Å². The molecule has 0 unspecified atom stereocenters. The SMILES string of the molecule is O=N[O-].O=N[O-].O=N[O-].O=N[O-].[Si+4]. The van der Waals surface area contributed by atoms with Crippen molar-refractivity contribution in [3.8, 4) is 0 Å². The summed E-state index contributed by atoms with van der Waals surface area (Å²) in [5.41, 5.74) is 0. The molecule has 13 heteroatoms. The zero-order valence-electron chi connectivity index (χ0n) is 5.55. The molecule has 0 atom stereocenters. The summed E-state index contributed by atoms with van der Waals surface area (Å²) in [7, 11) is 0. The van der Waals surface area contributed by atoms with E-state index in [1.165, 1.54) is 0 Å². The maximum absolute atomic E-state index is 8.00. The smallest absolute Gasteiger partial charge is 0.444 e. The summed E-state index contributed by atoms with van der Waals surface area (Å²) >= 11 is 0. The summed E-state index contributed by atoms with van der Waals surface area (Å²) in [5.74, 6) is 0. The molecule has 0 spiro atoms. The Labute approximate surface area is 73.9 Å². The predicted octanol–water partition coefficient (Wildman–Crippen LogP) is 0.622. The van der Waals surface area contributed by atoms with Gasteiger partial charge in [-0.05, 0) is 0 Å². The van der Waals surface area contributed by atoms with Gasteiger partial charge < -0.3 is 40.5 Å². The van der Waals surface area contributed by atoms with Crippen LogP contribution in [-0.4, -0.2) is 11.0 Å². The molecule has 0 aromatic heterocycles. The number of hydrogen-bond donors (Lipinski definition) is 0. The topological polar surface area (TPSA) is 210 Å². The molecule has 0 aliphatic carbocycles. The standard InChI is InChI=1S/4HNO2.Si/c4*2-1-3;/h4*(H,2,3);/q;;;;+4/p-4. The number of nitrogens with zero attached hydrogens (tertiary/aromatic N) is 4. The van der Waals surface area contributed by atoms with E-state index in [2.05, 4.69) is 0 Å². The third-order valence-corrected chi connectivity index (χ3v) is 0. The molecule has 12 nitrogen and oxygen atoms in total. The van der Waals surface area contributed by atoms with Crippen LogP contribution in [0.25, 0.3) is 0 Å². The molecule has 0 heterocycles. The van der Waals surface area contributed by atoms with Crippen LogP contribution in [0.15, 0.2) is 21.4 Å². The minimum absolute atomic E-state index is 0. The summed E-state index contributed by atoms with van der Waals surface area (Å²) in [5, 5.41) is 36.0. The first-order valence-electron chi connectivity index (χ1n) is 1.46. The van der Waals surface area contributed by atoms with Crippen LogP contribution in [0.5, 0.6) is 0 Å². The maximum atomic E-state index is 8.00. The van der Waals surface area contributed by atoms with Crippen molar-refractivity contribution in [1.29, 1.82) is 0 Å². The molecule has 0 saturated carbocycles. The Morgan fingerprint density at radius 1 is 0.538 bits per heavy atom. The van der Waals surface area contributed by atoms with Crippen molar-refractivity contribution in [3.05, 3.63) is 40.5 Å². The molecule has 0 bridgehead atoms. The van der Waals surface area contributed by atoms with Crippen molar-refractivity contribution < 1.29 is 0 Å². The van der Waals surface area contributed by atoms with Gasteiger partial charge in [-0.25, -0.2) is 0 Å². The second-order valence-corrected chi connectivity index (χ2v) is 0.298. The number of rotatable bonds is 0. The van der Waals surface area contributed by atoms with Gasteiger partial charge in [0.25, 0.3) is 0 Å². The molecule has 0 aromatic carbocycles. The first-order valence-corrected chi connectivity index (χ1v) is 1.46. The van der Waals surface area contributed by atoms with Gasteiger partial charge in [0, 0.05) is 0 Å². The van der Waals surface area contributed by atoms with Gasteiger partial charge in [-0.2, -0.15) is 0 Å². The van der Waals surface area contributed by atoms with E-state index in [-0.39, 0.29) is 11.0 Å². The fraction of sp³-hybridized carbons (Fsp3) is 0. The maximum Gasteiger partial charge on any atom is 4.00 e. The van der Waals surface area contributed by atoms with Gasteiger partial charge in [0.2, 0.25) is 0 Å². The minimum Gasteiger partial charge on any atom is -0.444 e. The van der Waals surface area contributed by atoms with E-state index in [0.717, 1.165) is 21.4 Å². The van der Waals surface area contributed by atoms with Crippen molar-refractivity contribution >= 4 is 11.0 Å². The Balaban J connectivity index is -0.0000000213. The molecule has 0 amide bonds. The molecular formula is N4O8Si. The summed E-state index contributed by atoms with van der Waals surface area (Å²) in [6, 6.07) is 0. The molecular weight excluding hydrogens is 212 g/mol. The Hall–Kier alpha value is -2.18. The summed E-state index contributed by atoms with van der Waals surface area (Å²) in [6.07, 6.45) is 0. The second-order valence-electron chi connectivity index (χ2n) is 0.298. The van der Waals surface area contributed by atoms with E-state index >= 15 is 0 Å². The fourth-order valence-corrected chi connectivity index (χ4v) is 0. The molecule has 13 heavy (non-hydrogen) atoms. The Bertz CT molecular complexity index is 70.1. The quantitative estimate of drug-likeness (QED) is 0.314. The van der Waals surface area contributed by atoms with Crippen LogP contribution in [0, 0.1) is 40.5 Å². The van der Waals surface area contributed by atoms with E-state index < -0.39 is 0 Å². The van der Waals surface area contributed by atoms with E-state index in [9.17, 15) is 0 Å². The molecule has 0 rings (SSSR count).